The van der Waals surface area contributed by atoms with E-state index in [1.54, 1.807) is 6.07 Å². The number of rotatable bonds is 9. The van der Waals surface area contributed by atoms with Crippen molar-refractivity contribution in [1.82, 2.24) is 15.0 Å². The number of H-pyrrole nitrogens is 1. The van der Waals surface area contributed by atoms with Gasteiger partial charge in [-0.05, 0) is 38.3 Å². The second kappa shape index (κ2) is 7.93. The van der Waals surface area contributed by atoms with Crippen molar-refractivity contribution in [3.63, 3.8) is 0 Å². The Labute approximate surface area is 126 Å². The molecule has 21 heavy (non-hydrogen) atoms. The first-order chi connectivity index (χ1) is 10.1. The number of hydrogen-bond acceptors (Lipinski definition) is 4. The third kappa shape index (κ3) is 5.10. The molecule has 1 aliphatic heterocycles. The molecule has 2 heterocycles. The standard InChI is InChI=1S/C14H25N3O3S/c1-2-6-15-10-12-9-14(11-16-12)21(18,19)17-7-5-13-4-3-8-20-13/h9,11,13,15-17H,2-8,10H2,1H3. The van der Waals surface area contributed by atoms with Gasteiger partial charge in [-0.15, -0.1) is 0 Å². The highest BCUT2D eigenvalue weighted by Crippen LogP contribution is 2.15. The molecule has 3 N–H and O–H groups in total. The van der Waals surface area contributed by atoms with E-state index >= 15 is 0 Å². The van der Waals surface area contributed by atoms with Crippen LogP contribution in [-0.4, -0.2) is 39.2 Å². The smallest absolute Gasteiger partial charge is 0.242 e. The summed E-state index contributed by atoms with van der Waals surface area (Å²) in [6.45, 7) is 4.88. The predicted molar refractivity (Wildman–Crippen MR) is 81.6 cm³/mol. The van der Waals surface area contributed by atoms with Crippen LogP contribution < -0.4 is 10.0 Å². The van der Waals surface area contributed by atoms with E-state index in [0.717, 1.165) is 44.5 Å². The highest BCUT2D eigenvalue weighted by molar-refractivity contribution is 7.89. The highest BCUT2D eigenvalue weighted by Gasteiger charge is 2.19. The Morgan fingerprint density at radius 1 is 1.43 bits per heavy atom. The molecule has 0 saturated carbocycles. The number of nitrogens with one attached hydrogen (secondary N) is 3. The molecule has 1 saturated heterocycles. The summed E-state index contributed by atoms with van der Waals surface area (Å²) < 4.78 is 32.4. The Hall–Kier alpha value is -0.890. The zero-order valence-corrected chi connectivity index (χ0v) is 13.3. The normalized spacial score (nSPS) is 19.2. The van der Waals surface area contributed by atoms with Crippen LogP contribution in [0.5, 0.6) is 0 Å². The maximum atomic E-state index is 12.2. The summed E-state index contributed by atoms with van der Waals surface area (Å²) in [5.74, 6) is 0. The zero-order valence-electron chi connectivity index (χ0n) is 12.5. The SMILES string of the molecule is CCCNCc1cc(S(=O)(=O)NCCC2CCCO2)c[nH]1. The van der Waals surface area contributed by atoms with Crippen LogP contribution in [0.3, 0.4) is 0 Å². The van der Waals surface area contributed by atoms with E-state index in [9.17, 15) is 8.42 Å². The van der Waals surface area contributed by atoms with E-state index in [2.05, 4.69) is 21.9 Å². The Balaban J connectivity index is 1.80. The van der Waals surface area contributed by atoms with E-state index in [1.807, 2.05) is 0 Å². The minimum atomic E-state index is -3.43. The zero-order chi connectivity index (χ0) is 15.1. The van der Waals surface area contributed by atoms with Crippen LogP contribution in [-0.2, 0) is 21.3 Å². The average Bonchev–Trinajstić information content (AvgIpc) is 3.10. The summed E-state index contributed by atoms with van der Waals surface area (Å²) >= 11 is 0. The van der Waals surface area contributed by atoms with Crippen LogP contribution in [0.2, 0.25) is 0 Å². The quantitative estimate of drug-likeness (QED) is 0.601. The van der Waals surface area contributed by atoms with Gasteiger partial charge in [-0.3, -0.25) is 0 Å². The monoisotopic (exact) mass is 315 g/mol. The first kappa shape index (κ1) is 16.5. The van der Waals surface area contributed by atoms with Gasteiger partial charge in [0.05, 0.1) is 11.0 Å². The van der Waals surface area contributed by atoms with Crippen LogP contribution in [0, 0.1) is 0 Å². The van der Waals surface area contributed by atoms with Crippen LogP contribution in [0.4, 0.5) is 0 Å². The number of aromatic amines is 1. The Morgan fingerprint density at radius 3 is 3.00 bits per heavy atom. The van der Waals surface area contributed by atoms with E-state index in [-0.39, 0.29) is 6.10 Å². The number of hydrogen-bond donors (Lipinski definition) is 3. The lowest BCUT2D eigenvalue weighted by atomic mass is 10.2. The van der Waals surface area contributed by atoms with Crippen molar-refractivity contribution >= 4 is 10.0 Å². The van der Waals surface area contributed by atoms with Gasteiger partial charge in [-0.2, -0.15) is 0 Å². The number of sulfonamides is 1. The van der Waals surface area contributed by atoms with Gasteiger partial charge >= 0.3 is 0 Å². The van der Waals surface area contributed by atoms with Gasteiger partial charge in [0.1, 0.15) is 0 Å². The van der Waals surface area contributed by atoms with Gasteiger partial charge in [0, 0.05) is 31.6 Å². The molecule has 1 fully saturated rings. The van der Waals surface area contributed by atoms with Crippen molar-refractivity contribution in [2.75, 3.05) is 19.7 Å². The molecule has 1 aliphatic rings. The first-order valence-corrected chi connectivity index (χ1v) is 9.09. The molecule has 0 radical (unpaired) electrons. The predicted octanol–water partition coefficient (Wildman–Crippen LogP) is 1.36. The third-order valence-electron chi connectivity index (χ3n) is 3.55. The van der Waals surface area contributed by atoms with E-state index in [1.165, 1.54) is 6.20 Å². The van der Waals surface area contributed by atoms with Crippen molar-refractivity contribution in [3.8, 4) is 0 Å². The molecule has 0 amide bonds. The molecule has 7 heteroatoms. The molecule has 2 rings (SSSR count). The molecule has 0 spiro atoms. The molecule has 1 aromatic rings. The maximum Gasteiger partial charge on any atom is 0.242 e. The molecule has 1 aromatic heterocycles. The van der Waals surface area contributed by atoms with Crippen LogP contribution >= 0.6 is 0 Å². The van der Waals surface area contributed by atoms with Crippen molar-refractivity contribution in [2.45, 2.75) is 50.2 Å². The van der Waals surface area contributed by atoms with Crippen molar-refractivity contribution in [1.29, 1.82) is 0 Å². The minimum Gasteiger partial charge on any atom is -0.378 e. The summed E-state index contributed by atoms with van der Waals surface area (Å²) in [4.78, 5) is 3.29. The van der Waals surface area contributed by atoms with Gasteiger partial charge in [0.2, 0.25) is 10.0 Å². The van der Waals surface area contributed by atoms with Crippen molar-refractivity contribution < 1.29 is 13.2 Å². The molecular weight excluding hydrogens is 290 g/mol. The molecule has 0 aliphatic carbocycles. The first-order valence-electron chi connectivity index (χ1n) is 7.61. The van der Waals surface area contributed by atoms with Crippen LogP contribution in [0.1, 0.15) is 38.3 Å². The Kier molecular flexibility index (Phi) is 6.22. The third-order valence-corrected chi connectivity index (χ3v) is 4.99. The van der Waals surface area contributed by atoms with Crippen molar-refractivity contribution in [2.24, 2.45) is 0 Å². The average molecular weight is 315 g/mol. The van der Waals surface area contributed by atoms with E-state index in [4.69, 9.17) is 4.74 Å². The van der Waals surface area contributed by atoms with E-state index < -0.39 is 10.0 Å². The highest BCUT2D eigenvalue weighted by atomic mass is 32.2. The fourth-order valence-corrected chi connectivity index (χ4v) is 3.45. The summed E-state index contributed by atoms with van der Waals surface area (Å²) in [5, 5.41) is 3.23. The molecule has 1 unspecified atom stereocenters. The minimum absolute atomic E-state index is 0.202. The Bertz CT molecular complexity index is 521. The summed E-state index contributed by atoms with van der Waals surface area (Å²) in [6, 6.07) is 1.68. The van der Waals surface area contributed by atoms with Gasteiger partial charge in [-0.25, -0.2) is 13.1 Å². The fourth-order valence-electron chi connectivity index (χ4n) is 2.39. The van der Waals surface area contributed by atoms with Crippen LogP contribution in [0.15, 0.2) is 17.2 Å². The molecule has 0 aromatic carbocycles. The lowest BCUT2D eigenvalue weighted by Crippen LogP contribution is -2.27. The number of ether oxygens (including phenoxy) is 1. The van der Waals surface area contributed by atoms with Crippen LogP contribution in [0.25, 0.3) is 0 Å². The van der Waals surface area contributed by atoms with Gasteiger partial charge in [0.15, 0.2) is 0 Å². The molecule has 6 nitrogen and oxygen atoms in total. The lowest BCUT2D eigenvalue weighted by Gasteiger charge is -2.09. The van der Waals surface area contributed by atoms with Gasteiger partial charge < -0.3 is 15.0 Å². The van der Waals surface area contributed by atoms with E-state index in [0.29, 0.717) is 18.0 Å². The lowest BCUT2D eigenvalue weighted by molar-refractivity contribution is 0.105. The topological polar surface area (TPSA) is 83.2 Å². The largest absolute Gasteiger partial charge is 0.378 e. The van der Waals surface area contributed by atoms with Gasteiger partial charge in [0.25, 0.3) is 0 Å². The number of aromatic nitrogens is 1. The summed E-state index contributed by atoms with van der Waals surface area (Å²) in [7, 11) is -3.43. The second-order valence-corrected chi connectivity index (χ2v) is 7.13. The molecular formula is C14H25N3O3S. The summed E-state index contributed by atoms with van der Waals surface area (Å²) in [6.07, 6.45) is 5.62. The Morgan fingerprint density at radius 2 is 2.29 bits per heavy atom. The fraction of sp³-hybridized carbons (Fsp3) is 0.714. The summed E-state index contributed by atoms with van der Waals surface area (Å²) in [5.41, 5.74) is 0.878. The molecule has 120 valence electrons. The van der Waals surface area contributed by atoms with Gasteiger partial charge in [-0.1, -0.05) is 6.92 Å². The molecule has 1 atom stereocenters. The maximum absolute atomic E-state index is 12.2. The molecule has 0 bridgehead atoms. The second-order valence-electron chi connectivity index (χ2n) is 5.36. The van der Waals surface area contributed by atoms with Crippen molar-refractivity contribution in [3.05, 3.63) is 18.0 Å².